The van der Waals surface area contributed by atoms with Gasteiger partial charge in [0.15, 0.2) is 6.29 Å². The summed E-state index contributed by atoms with van der Waals surface area (Å²) >= 11 is 0. The summed E-state index contributed by atoms with van der Waals surface area (Å²) in [6.07, 6.45) is 64.4. The van der Waals surface area contributed by atoms with E-state index in [0.29, 0.717) is 6.42 Å². The number of rotatable bonds is 52. The van der Waals surface area contributed by atoms with Crippen LogP contribution >= 0.6 is 0 Å². The van der Waals surface area contributed by atoms with Gasteiger partial charge >= 0.3 is 0 Å². The lowest BCUT2D eigenvalue weighted by molar-refractivity contribution is -0.302. The number of hydrogen-bond acceptors (Lipinski definition) is 8. The van der Waals surface area contributed by atoms with Crippen molar-refractivity contribution in [2.45, 2.75) is 320 Å². The van der Waals surface area contributed by atoms with E-state index in [9.17, 15) is 30.3 Å². The van der Waals surface area contributed by atoms with Crippen LogP contribution in [0.2, 0.25) is 0 Å². The summed E-state index contributed by atoms with van der Waals surface area (Å²) in [5.74, 6) is -0.189. The number of carbonyl (C=O) groups excluding carboxylic acids is 1. The molecule has 7 unspecified atom stereocenters. The number of ether oxygens (including phenoxy) is 2. The zero-order valence-corrected chi connectivity index (χ0v) is 46.7. The van der Waals surface area contributed by atoms with E-state index < -0.39 is 49.5 Å². The molecule has 6 N–H and O–H groups in total. The Hall–Kier alpha value is -2.11. The number of hydrogen-bond donors (Lipinski definition) is 6. The molecule has 0 aromatic rings. The van der Waals surface area contributed by atoms with Crippen molar-refractivity contribution in [3.63, 3.8) is 0 Å². The Morgan fingerprint density at radius 3 is 1.25 bits per heavy atom. The van der Waals surface area contributed by atoms with Gasteiger partial charge < -0.3 is 40.3 Å². The molecule has 9 heteroatoms. The highest BCUT2D eigenvalue weighted by Crippen LogP contribution is 2.23. The van der Waals surface area contributed by atoms with Crippen LogP contribution < -0.4 is 5.32 Å². The first-order valence-corrected chi connectivity index (χ1v) is 30.5. The van der Waals surface area contributed by atoms with Crippen molar-refractivity contribution < 1.29 is 39.8 Å². The largest absolute Gasteiger partial charge is 0.394 e. The fourth-order valence-electron chi connectivity index (χ4n) is 9.46. The van der Waals surface area contributed by atoms with E-state index in [0.717, 1.165) is 51.4 Å². The molecule has 0 aromatic carbocycles. The van der Waals surface area contributed by atoms with Crippen LogP contribution in [0.5, 0.6) is 0 Å². The third kappa shape index (κ3) is 41.2. The minimum atomic E-state index is -1.58. The number of unbranched alkanes of at least 4 members (excludes halogenated alkanes) is 34. The van der Waals surface area contributed by atoms with Gasteiger partial charge in [0.1, 0.15) is 24.4 Å². The molecule has 1 fully saturated rings. The Balaban J connectivity index is 2.21. The maximum Gasteiger partial charge on any atom is 0.220 e. The van der Waals surface area contributed by atoms with Crippen LogP contribution in [-0.4, -0.2) is 87.5 Å². The summed E-state index contributed by atoms with van der Waals surface area (Å²) in [4.78, 5) is 13.1. The highest BCUT2D eigenvalue weighted by Gasteiger charge is 2.44. The molecule has 7 atom stereocenters. The smallest absolute Gasteiger partial charge is 0.220 e. The van der Waals surface area contributed by atoms with E-state index in [2.05, 4.69) is 67.8 Å². The van der Waals surface area contributed by atoms with E-state index in [1.54, 1.807) is 6.08 Å². The zero-order chi connectivity index (χ0) is 52.2. The van der Waals surface area contributed by atoms with E-state index in [1.165, 1.54) is 205 Å². The SMILES string of the molecule is CCCCCCC/C=C\C/C=C\CCCCCCCCCCCCCCCCCCCC(=O)NC(COC1OC(CO)C(O)C(O)C1O)C(O)/C=C/CC/C=C/CC/C=C/CCCCCCCCCCCC. The first kappa shape index (κ1) is 67.9. The van der Waals surface area contributed by atoms with Crippen molar-refractivity contribution in [3.8, 4) is 0 Å². The second kappa shape index (κ2) is 52.3. The molecule has 0 saturated carbocycles. The monoisotopic (exact) mass is 1010 g/mol. The normalized spacial score (nSPS) is 19.6. The number of aliphatic hydroxyl groups is 5. The third-order valence-electron chi connectivity index (χ3n) is 14.3. The van der Waals surface area contributed by atoms with Crippen molar-refractivity contribution in [2.75, 3.05) is 13.2 Å². The van der Waals surface area contributed by atoms with Crippen LogP contribution in [0.3, 0.4) is 0 Å². The molecule has 0 bridgehead atoms. The number of amides is 1. The van der Waals surface area contributed by atoms with Gasteiger partial charge in [0.2, 0.25) is 5.91 Å². The molecule has 1 saturated heterocycles. The van der Waals surface area contributed by atoms with Crippen LogP contribution in [0.25, 0.3) is 0 Å². The fourth-order valence-corrected chi connectivity index (χ4v) is 9.46. The van der Waals surface area contributed by atoms with Gasteiger partial charge in [-0.2, -0.15) is 0 Å². The minimum absolute atomic E-state index is 0.189. The molecule has 420 valence electrons. The van der Waals surface area contributed by atoms with Crippen molar-refractivity contribution in [3.05, 3.63) is 60.8 Å². The van der Waals surface area contributed by atoms with Gasteiger partial charge in [-0.15, -0.1) is 0 Å². The molecule has 9 nitrogen and oxygen atoms in total. The maximum absolute atomic E-state index is 13.1. The molecule has 0 aliphatic carbocycles. The molecule has 1 aliphatic rings. The van der Waals surface area contributed by atoms with Gasteiger partial charge in [-0.3, -0.25) is 4.79 Å². The highest BCUT2D eigenvalue weighted by molar-refractivity contribution is 5.76. The summed E-state index contributed by atoms with van der Waals surface area (Å²) in [5.41, 5.74) is 0. The standard InChI is InChI=1S/C63H115NO8/c1-3-5-7-9-11-13-15-17-19-21-23-25-26-27-28-29-30-31-32-33-35-37-39-41-43-45-47-49-51-53-59(67)64-56(55-71-63-62(70)61(69)60(68)58(54-65)72-63)57(66)52-50-48-46-44-42-40-38-36-34-24-22-20-18-16-14-12-10-8-6-4-2/h15,17,21,23,34,36,42,44,50,52,56-58,60-63,65-66,68-70H,3-14,16,18-20,22,24-33,35,37-41,43,45-49,51,53-55H2,1-2H3,(H,64,67)/b17-15-,23-21-,36-34+,44-42+,52-50+. The van der Waals surface area contributed by atoms with Gasteiger partial charge in [0.25, 0.3) is 0 Å². The van der Waals surface area contributed by atoms with E-state index in [4.69, 9.17) is 9.47 Å². The third-order valence-corrected chi connectivity index (χ3v) is 14.3. The van der Waals surface area contributed by atoms with Crippen LogP contribution in [0.1, 0.15) is 277 Å². The molecule has 0 aromatic heterocycles. The Morgan fingerprint density at radius 1 is 0.472 bits per heavy atom. The Labute approximate surface area is 443 Å². The zero-order valence-electron chi connectivity index (χ0n) is 46.7. The predicted octanol–water partition coefficient (Wildman–Crippen LogP) is 15.5. The van der Waals surface area contributed by atoms with Gasteiger partial charge in [0.05, 0.1) is 25.4 Å². The summed E-state index contributed by atoms with van der Waals surface area (Å²) in [6.45, 7) is 3.77. The molecule has 0 radical (unpaired) electrons. The summed E-state index contributed by atoms with van der Waals surface area (Å²) in [5, 5.41) is 54.5. The highest BCUT2D eigenvalue weighted by atomic mass is 16.7. The topological polar surface area (TPSA) is 149 Å². The van der Waals surface area contributed by atoms with Crippen LogP contribution in [-0.2, 0) is 14.3 Å². The van der Waals surface area contributed by atoms with Gasteiger partial charge in [-0.25, -0.2) is 0 Å². The molecule has 72 heavy (non-hydrogen) atoms. The van der Waals surface area contributed by atoms with Crippen molar-refractivity contribution >= 4 is 5.91 Å². The molecule has 1 rings (SSSR count). The number of aliphatic hydroxyl groups excluding tert-OH is 5. The van der Waals surface area contributed by atoms with Crippen molar-refractivity contribution in [1.29, 1.82) is 0 Å². The Bertz CT molecular complexity index is 1310. The average molecular weight is 1010 g/mol. The van der Waals surface area contributed by atoms with Crippen LogP contribution in [0.15, 0.2) is 60.8 Å². The second-order valence-corrected chi connectivity index (χ2v) is 21.1. The van der Waals surface area contributed by atoms with E-state index in [-0.39, 0.29) is 12.5 Å². The van der Waals surface area contributed by atoms with Crippen LogP contribution in [0.4, 0.5) is 0 Å². The van der Waals surface area contributed by atoms with Gasteiger partial charge in [-0.1, -0.05) is 254 Å². The molecule has 1 heterocycles. The fraction of sp³-hybridized carbons (Fsp3) is 0.825. The molecular formula is C63H115NO8. The first-order chi connectivity index (χ1) is 35.3. The first-order valence-electron chi connectivity index (χ1n) is 30.5. The molecule has 1 aliphatic heterocycles. The maximum atomic E-state index is 13.1. The lowest BCUT2D eigenvalue weighted by atomic mass is 9.99. The van der Waals surface area contributed by atoms with Crippen LogP contribution in [0, 0.1) is 0 Å². The number of allylic oxidation sites excluding steroid dienone is 9. The van der Waals surface area contributed by atoms with Crippen molar-refractivity contribution in [1.82, 2.24) is 5.32 Å². The van der Waals surface area contributed by atoms with Crippen molar-refractivity contribution in [2.24, 2.45) is 0 Å². The van der Waals surface area contributed by atoms with E-state index >= 15 is 0 Å². The lowest BCUT2D eigenvalue weighted by Crippen LogP contribution is -2.60. The molecule has 1 amide bonds. The Morgan fingerprint density at radius 2 is 0.833 bits per heavy atom. The van der Waals surface area contributed by atoms with Gasteiger partial charge in [-0.05, 0) is 77.0 Å². The summed E-state index contributed by atoms with van der Waals surface area (Å²) in [6, 6.07) is -0.830. The summed E-state index contributed by atoms with van der Waals surface area (Å²) < 4.78 is 11.3. The lowest BCUT2D eigenvalue weighted by Gasteiger charge is -2.40. The molecule has 0 spiro atoms. The van der Waals surface area contributed by atoms with E-state index in [1.807, 2.05) is 6.08 Å². The quantitative estimate of drug-likeness (QED) is 0.0261. The minimum Gasteiger partial charge on any atom is -0.394 e. The second-order valence-electron chi connectivity index (χ2n) is 21.1. The number of carbonyl (C=O) groups is 1. The average Bonchev–Trinajstić information content (AvgIpc) is 3.38. The van der Waals surface area contributed by atoms with Gasteiger partial charge in [0, 0.05) is 6.42 Å². The number of nitrogens with one attached hydrogen (secondary N) is 1. The summed E-state index contributed by atoms with van der Waals surface area (Å²) in [7, 11) is 0. The Kier molecular flexibility index (Phi) is 49.4. The predicted molar refractivity (Wildman–Crippen MR) is 304 cm³/mol. The molecular weight excluding hydrogens is 899 g/mol.